The van der Waals surface area contributed by atoms with Crippen LogP contribution in [0.15, 0.2) is 10.2 Å². The van der Waals surface area contributed by atoms with Crippen LogP contribution in [-0.4, -0.2) is 25.9 Å². The molecule has 0 amide bonds. The molecule has 5 heteroatoms. The van der Waals surface area contributed by atoms with Crippen molar-refractivity contribution in [3.8, 4) is 0 Å². The van der Waals surface area contributed by atoms with Crippen LogP contribution in [0.4, 0.5) is 0 Å². The Labute approximate surface area is 71.9 Å². The highest BCUT2D eigenvalue weighted by molar-refractivity contribution is 5.22. The molecule has 1 saturated heterocycles. The van der Waals surface area contributed by atoms with Crippen molar-refractivity contribution in [3.63, 3.8) is 0 Å². The van der Waals surface area contributed by atoms with Crippen LogP contribution in [-0.2, 0) is 4.74 Å². The smallest absolute Gasteiger partial charge is 0.145 e. The van der Waals surface area contributed by atoms with Crippen LogP contribution < -0.4 is 10.9 Å². The van der Waals surface area contributed by atoms with E-state index in [-0.39, 0.29) is 12.5 Å². The fourth-order valence-corrected chi connectivity index (χ4v) is 1.22. The maximum Gasteiger partial charge on any atom is 0.145 e. The van der Waals surface area contributed by atoms with Crippen molar-refractivity contribution < 1.29 is 4.74 Å². The first-order valence-corrected chi connectivity index (χ1v) is 3.94. The summed E-state index contributed by atoms with van der Waals surface area (Å²) >= 11 is 0. The molecule has 2 N–H and O–H groups in total. The van der Waals surface area contributed by atoms with Gasteiger partial charge in [-0.25, -0.2) is 0 Å². The standard InChI is InChI=1S/C7H14N4O/c1-8-10-6-4-3-5-7(12-6)11-9-2/h6-7,10-11H,1-5H2. The third-order valence-corrected chi connectivity index (χ3v) is 1.73. The van der Waals surface area contributed by atoms with Gasteiger partial charge in [-0.1, -0.05) is 0 Å². The van der Waals surface area contributed by atoms with Gasteiger partial charge < -0.3 is 4.74 Å². The number of rotatable bonds is 4. The minimum atomic E-state index is -0.0458. The second-order valence-corrected chi connectivity index (χ2v) is 2.62. The van der Waals surface area contributed by atoms with E-state index in [1.54, 1.807) is 0 Å². The molecule has 1 rings (SSSR count). The van der Waals surface area contributed by atoms with Crippen LogP contribution in [0, 0.1) is 0 Å². The molecule has 12 heavy (non-hydrogen) atoms. The van der Waals surface area contributed by atoms with Gasteiger partial charge in [0.05, 0.1) is 0 Å². The van der Waals surface area contributed by atoms with E-state index in [4.69, 9.17) is 4.74 Å². The topological polar surface area (TPSA) is 58.0 Å². The molecule has 0 radical (unpaired) electrons. The molecule has 0 aromatic rings. The van der Waals surface area contributed by atoms with Gasteiger partial charge in [0.1, 0.15) is 12.5 Å². The van der Waals surface area contributed by atoms with E-state index in [1.165, 1.54) is 0 Å². The molecule has 0 aromatic heterocycles. The van der Waals surface area contributed by atoms with E-state index >= 15 is 0 Å². The third-order valence-electron chi connectivity index (χ3n) is 1.73. The molecule has 5 nitrogen and oxygen atoms in total. The molecule has 2 atom stereocenters. The Kier molecular flexibility index (Phi) is 3.53. The zero-order chi connectivity index (χ0) is 8.81. The zero-order valence-electron chi connectivity index (χ0n) is 6.99. The molecule has 0 spiro atoms. The molecule has 68 valence electrons. The summed E-state index contributed by atoms with van der Waals surface area (Å²) in [5, 5.41) is 7.11. The lowest BCUT2D eigenvalue weighted by molar-refractivity contribution is -0.0797. The van der Waals surface area contributed by atoms with Crippen molar-refractivity contribution in [2.75, 3.05) is 0 Å². The van der Waals surface area contributed by atoms with E-state index < -0.39 is 0 Å². The summed E-state index contributed by atoms with van der Waals surface area (Å²) in [5.41, 5.74) is 5.52. The van der Waals surface area contributed by atoms with Crippen molar-refractivity contribution in [1.82, 2.24) is 10.9 Å². The Hall–Kier alpha value is -1.10. The average Bonchev–Trinajstić information content (AvgIpc) is 2.06. The lowest BCUT2D eigenvalue weighted by Crippen LogP contribution is -2.41. The highest BCUT2D eigenvalue weighted by Crippen LogP contribution is 2.15. The van der Waals surface area contributed by atoms with Crippen LogP contribution in [0.5, 0.6) is 0 Å². The molecule has 1 aliphatic heterocycles. The van der Waals surface area contributed by atoms with Crippen LogP contribution >= 0.6 is 0 Å². The Bertz CT molecular complexity index is 145. The number of nitrogens with zero attached hydrogens (tertiary/aromatic N) is 2. The number of hydrogen-bond donors (Lipinski definition) is 2. The highest BCUT2D eigenvalue weighted by Gasteiger charge is 2.20. The molecule has 0 saturated carbocycles. The van der Waals surface area contributed by atoms with Crippen molar-refractivity contribution >= 4 is 13.4 Å². The minimum absolute atomic E-state index is 0.0458. The monoisotopic (exact) mass is 170 g/mol. The van der Waals surface area contributed by atoms with E-state index in [2.05, 4.69) is 34.5 Å². The minimum Gasteiger partial charge on any atom is -0.333 e. The fraction of sp³-hybridized carbons (Fsp3) is 0.714. The zero-order valence-corrected chi connectivity index (χ0v) is 6.99. The van der Waals surface area contributed by atoms with Crippen LogP contribution in [0.1, 0.15) is 19.3 Å². The van der Waals surface area contributed by atoms with Gasteiger partial charge in [-0.05, 0) is 19.3 Å². The Morgan fingerprint density at radius 3 is 2.00 bits per heavy atom. The Morgan fingerprint density at radius 2 is 1.58 bits per heavy atom. The first-order valence-electron chi connectivity index (χ1n) is 3.94. The maximum atomic E-state index is 5.48. The Morgan fingerprint density at radius 1 is 1.08 bits per heavy atom. The normalized spacial score (nSPS) is 29.0. The predicted octanol–water partition coefficient (Wildman–Crippen LogP) is 0.249. The number of nitrogens with one attached hydrogen (secondary N) is 2. The largest absolute Gasteiger partial charge is 0.333 e. The van der Waals surface area contributed by atoms with Gasteiger partial charge >= 0.3 is 0 Å². The molecule has 0 bridgehead atoms. The van der Waals surface area contributed by atoms with Gasteiger partial charge in [-0.3, -0.25) is 10.9 Å². The van der Waals surface area contributed by atoms with Gasteiger partial charge in [0, 0.05) is 13.4 Å². The number of ether oxygens (including phenoxy) is 1. The summed E-state index contributed by atoms with van der Waals surface area (Å²) in [4.78, 5) is 0. The van der Waals surface area contributed by atoms with E-state index in [0.29, 0.717) is 0 Å². The van der Waals surface area contributed by atoms with Crippen molar-refractivity contribution in [1.29, 1.82) is 0 Å². The molecule has 1 fully saturated rings. The van der Waals surface area contributed by atoms with E-state index in [9.17, 15) is 0 Å². The van der Waals surface area contributed by atoms with Crippen LogP contribution in [0.3, 0.4) is 0 Å². The third kappa shape index (κ3) is 2.50. The maximum absolute atomic E-state index is 5.48. The summed E-state index contributed by atoms with van der Waals surface area (Å²) in [6.45, 7) is 6.66. The lowest BCUT2D eigenvalue weighted by Gasteiger charge is -2.28. The first-order chi connectivity index (χ1) is 5.86. The second kappa shape index (κ2) is 4.71. The molecule has 2 unspecified atom stereocenters. The molecule has 1 heterocycles. The second-order valence-electron chi connectivity index (χ2n) is 2.62. The van der Waals surface area contributed by atoms with E-state index in [0.717, 1.165) is 19.3 Å². The van der Waals surface area contributed by atoms with Crippen molar-refractivity contribution in [2.24, 2.45) is 10.2 Å². The highest BCUT2D eigenvalue weighted by atomic mass is 16.5. The number of hydrogen-bond acceptors (Lipinski definition) is 5. The number of hydrazone groups is 2. The SMILES string of the molecule is C=NNC1CCCC(NN=C)O1. The summed E-state index contributed by atoms with van der Waals surface area (Å²) < 4.78 is 5.48. The summed E-state index contributed by atoms with van der Waals surface area (Å²) in [7, 11) is 0. The summed E-state index contributed by atoms with van der Waals surface area (Å²) in [5.74, 6) is 0. The predicted molar refractivity (Wildman–Crippen MR) is 47.9 cm³/mol. The van der Waals surface area contributed by atoms with E-state index in [1.807, 2.05) is 0 Å². The van der Waals surface area contributed by atoms with Gasteiger partial charge in [0.25, 0.3) is 0 Å². The molecule has 0 aromatic carbocycles. The van der Waals surface area contributed by atoms with Crippen LogP contribution in [0.25, 0.3) is 0 Å². The van der Waals surface area contributed by atoms with Gasteiger partial charge in [-0.2, -0.15) is 10.2 Å². The first kappa shape index (κ1) is 8.99. The molecular weight excluding hydrogens is 156 g/mol. The molecular formula is C7H14N4O. The van der Waals surface area contributed by atoms with Crippen molar-refractivity contribution in [3.05, 3.63) is 0 Å². The fourth-order valence-electron chi connectivity index (χ4n) is 1.22. The Balaban J connectivity index is 2.29. The quantitative estimate of drug-likeness (QED) is 0.469. The van der Waals surface area contributed by atoms with Crippen LogP contribution in [0.2, 0.25) is 0 Å². The average molecular weight is 170 g/mol. The van der Waals surface area contributed by atoms with Gasteiger partial charge in [0.2, 0.25) is 0 Å². The summed E-state index contributed by atoms with van der Waals surface area (Å²) in [6, 6.07) is 0. The molecule has 1 aliphatic rings. The molecule has 0 aliphatic carbocycles. The summed E-state index contributed by atoms with van der Waals surface area (Å²) in [6.07, 6.45) is 2.90. The van der Waals surface area contributed by atoms with Gasteiger partial charge in [0.15, 0.2) is 0 Å². The van der Waals surface area contributed by atoms with Crippen molar-refractivity contribution in [2.45, 2.75) is 31.7 Å². The van der Waals surface area contributed by atoms with Gasteiger partial charge in [-0.15, -0.1) is 0 Å². The lowest BCUT2D eigenvalue weighted by atomic mass is 10.1.